The zero-order valence-corrected chi connectivity index (χ0v) is 15.1. The third-order valence-electron chi connectivity index (χ3n) is 4.90. The van der Waals surface area contributed by atoms with Crippen LogP contribution < -0.4 is 0 Å². The first-order chi connectivity index (χ1) is 11.1. The van der Waals surface area contributed by atoms with Gasteiger partial charge in [0.25, 0.3) is 0 Å². The first-order valence-corrected chi connectivity index (χ1v) is 8.89. The van der Waals surface area contributed by atoms with E-state index < -0.39 is 0 Å². The standard InChI is InChI=1S/C18H26N4S/c1-14-9-10-17(15(2)11-14)21-12-19-22(18(21)23)13-20(3)16-7-5-4-6-8-16/h9-12,16H,4-8,13H2,1-3H3. The van der Waals surface area contributed by atoms with Gasteiger partial charge in [-0.1, -0.05) is 37.0 Å². The van der Waals surface area contributed by atoms with E-state index in [1.54, 1.807) is 0 Å². The van der Waals surface area contributed by atoms with E-state index >= 15 is 0 Å². The summed E-state index contributed by atoms with van der Waals surface area (Å²) in [5.74, 6) is 0. The van der Waals surface area contributed by atoms with Crippen LogP contribution >= 0.6 is 12.2 Å². The van der Waals surface area contributed by atoms with Gasteiger partial charge < -0.3 is 0 Å². The fourth-order valence-electron chi connectivity index (χ4n) is 3.52. The monoisotopic (exact) mass is 330 g/mol. The highest BCUT2D eigenvalue weighted by Crippen LogP contribution is 2.22. The molecule has 0 unspecified atom stereocenters. The molecule has 0 aliphatic heterocycles. The third-order valence-corrected chi connectivity index (χ3v) is 5.31. The lowest BCUT2D eigenvalue weighted by atomic mass is 9.95. The Hall–Kier alpha value is -1.46. The number of aryl methyl sites for hydroxylation is 2. The van der Waals surface area contributed by atoms with E-state index in [1.165, 1.54) is 43.2 Å². The largest absolute Gasteiger partial charge is 0.284 e. The SMILES string of the molecule is Cc1ccc(-n2cnn(CN(C)C3CCCCC3)c2=S)c(C)c1. The number of hydrogen-bond donors (Lipinski definition) is 0. The average Bonchev–Trinajstić information content (AvgIpc) is 2.89. The second-order valence-electron chi connectivity index (χ2n) is 6.76. The molecule has 3 rings (SSSR count). The number of aromatic nitrogens is 3. The van der Waals surface area contributed by atoms with Crippen LogP contribution in [0.1, 0.15) is 43.2 Å². The molecule has 1 heterocycles. The van der Waals surface area contributed by atoms with Crippen LogP contribution in [0.15, 0.2) is 24.5 Å². The molecule has 23 heavy (non-hydrogen) atoms. The highest BCUT2D eigenvalue weighted by atomic mass is 32.1. The molecule has 1 aliphatic carbocycles. The first kappa shape index (κ1) is 16.4. The van der Waals surface area contributed by atoms with Crippen LogP contribution in [0.2, 0.25) is 0 Å². The van der Waals surface area contributed by atoms with Gasteiger partial charge in [0.2, 0.25) is 4.77 Å². The fraction of sp³-hybridized carbons (Fsp3) is 0.556. The molecular weight excluding hydrogens is 304 g/mol. The van der Waals surface area contributed by atoms with Gasteiger partial charge >= 0.3 is 0 Å². The Kier molecular flexibility index (Phi) is 4.97. The molecule has 0 atom stereocenters. The van der Waals surface area contributed by atoms with Crippen molar-refractivity contribution in [2.75, 3.05) is 7.05 Å². The predicted molar refractivity (Wildman–Crippen MR) is 96.5 cm³/mol. The van der Waals surface area contributed by atoms with Gasteiger partial charge in [-0.05, 0) is 57.6 Å². The van der Waals surface area contributed by atoms with E-state index in [1.807, 2.05) is 15.6 Å². The van der Waals surface area contributed by atoms with Crippen LogP contribution in [-0.4, -0.2) is 32.3 Å². The molecule has 0 spiro atoms. The van der Waals surface area contributed by atoms with Crippen LogP contribution in [0.25, 0.3) is 5.69 Å². The van der Waals surface area contributed by atoms with Crippen molar-refractivity contribution >= 4 is 12.2 Å². The maximum Gasteiger partial charge on any atom is 0.203 e. The molecule has 4 nitrogen and oxygen atoms in total. The van der Waals surface area contributed by atoms with Crippen molar-refractivity contribution in [1.29, 1.82) is 0 Å². The molecule has 124 valence electrons. The van der Waals surface area contributed by atoms with Crippen molar-refractivity contribution in [2.45, 2.75) is 58.7 Å². The summed E-state index contributed by atoms with van der Waals surface area (Å²) in [5.41, 5.74) is 3.61. The summed E-state index contributed by atoms with van der Waals surface area (Å²) in [6.07, 6.45) is 8.50. The summed E-state index contributed by atoms with van der Waals surface area (Å²) < 4.78 is 4.71. The Morgan fingerprint density at radius 1 is 1.22 bits per heavy atom. The van der Waals surface area contributed by atoms with Crippen LogP contribution in [0.5, 0.6) is 0 Å². The van der Waals surface area contributed by atoms with E-state index in [2.05, 4.69) is 49.1 Å². The Morgan fingerprint density at radius 3 is 2.65 bits per heavy atom. The molecule has 0 bridgehead atoms. The zero-order valence-electron chi connectivity index (χ0n) is 14.3. The number of hydrogen-bond acceptors (Lipinski definition) is 3. The van der Waals surface area contributed by atoms with E-state index in [0.29, 0.717) is 6.04 Å². The molecule has 1 aliphatic rings. The molecular formula is C18H26N4S. The van der Waals surface area contributed by atoms with Crippen molar-refractivity contribution in [3.05, 3.63) is 40.4 Å². The minimum Gasteiger partial charge on any atom is -0.284 e. The minimum atomic E-state index is 0.664. The number of nitrogens with zero attached hydrogens (tertiary/aromatic N) is 4. The van der Waals surface area contributed by atoms with Gasteiger partial charge in [-0.15, -0.1) is 0 Å². The highest BCUT2D eigenvalue weighted by molar-refractivity contribution is 7.71. The Labute approximate surface area is 143 Å². The van der Waals surface area contributed by atoms with Gasteiger partial charge in [0.15, 0.2) is 0 Å². The van der Waals surface area contributed by atoms with Crippen molar-refractivity contribution in [3.8, 4) is 5.69 Å². The van der Waals surface area contributed by atoms with Gasteiger partial charge in [-0.3, -0.25) is 9.47 Å². The van der Waals surface area contributed by atoms with Crippen molar-refractivity contribution < 1.29 is 0 Å². The van der Waals surface area contributed by atoms with Crippen molar-refractivity contribution in [1.82, 2.24) is 19.2 Å². The van der Waals surface area contributed by atoms with Crippen molar-refractivity contribution in [2.24, 2.45) is 0 Å². The van der Waals surface area contributed by atoms with Gasteiger partial charge in [-0.2, -0.15) is 5.10 Å². The summed E-state index contributed by atoms with van der Waals surface area (Å²) in [7, 11) is 2.19. The van der Waals surface area contributed by atoms with E-state index in [-0.39, 0.29) is 0 Å². The smallest absolute Gasteiger partial charge is 0.203 e. The molecule has 1 aromatic heterocycles. The zero-order chi connectivity index (χ0) is 16.4. The Bertz CT molecular complexity index is 725. The van der Waals surface area contributed by atoms with E-state index in [9.17, 15) is 0 Å². The second-order valence-corrected chi connectivity index (χ2v) is 7.13. The predicted octanol–water partition coefficient (Wildman–Crippen LogP) is 4.24. The first-order valence-electron chi connectivity index (χ1n) is 8.48. The van der Waals surface area contributed by atoms with Crippen LogP contribution in [0.3, 0.4) is 0 Å². The Balaban J connectivity index is 1.80. The summed E-state index contributed by atoms with van der Waals surface area (Å²) in [5, 5.41) is 4.52. The van der Waals surface area contributed by atoms with Gasteiger partial charge in [-0.25, -0.2) is 4.68 Å². The van der Waals surface area contributed by atoms with Gasteiger partial charge in [0.05, 0.1) is 12.4 Å². The summed E-state index contributed by atoms with van der Waals surface area (Å²) in [4.78, 5) is 2.40. The van der Waals surface area contributed by atoms with Gasteiger partial charge in [0.1, 0.15) is 6.33 Å². The number of benzene rings is 1. The van der Waals surface area contributed by atoms with Crippen molar-refractivity contribution in [3.63, 3.8) is 0 Å². The molecule has 0 N–H and O–H groups in total. The highest BCUT2D eigenvalue weighted by Gasteiger charge is 2.19. The number of rotatable bonds is 4. The molecule has 1 saturated carbocycles. The van der Waals surface area contributed by atoms with Crippen LogP contribution in [-0.2, 0) is 6.67 Å². The molecule has 2 aromatic rings. The van der Waals surface area contributed by atoms with Crippen LogP contribution in [0.4, 0.5) is 0 Å². The van der Waals surface area contributed by atoms with E-state index in [4.69, 9.17) is 12.2 Å². The molecule has 5 heteroatoms. The fourth-order valence-corrected chi connectivity index (χ4v) is 3.77. The second kappa shape index (κ2) is 6.97. The van der Waals surface area contributed by atoms with Crippen LogP contribution in [0, 0.1) is 18.6 Å². The molecule has 0 amide bonds. The molecule has 0 saturated heterocycles. The van der Waals surface area contributed by atoms with Gasteiger partial charge in [0, 0.05) is 6.04 Å². The molecule has 1 fully saturated rings. The lowest BCUT2D eigenvalue weighted by molar-refractivity contribution is 0.145. The summed E-state index contributed by atoms with van der Waals surface area (Å²) >= 11 is 5.66. The molecule has 0 radical (unpaired) electrons. The maximum atomic E-state index is 5.66. The summed E-state index contributed by atoms with van der Waals surface area (Å²) in [6, 6.07) is 7.09. The Morgan fingerprint density at radius 2 is 1.96 bits per heavy atom. The van der Waals surface area contributed by atoms with E-state index in [0.717, 1.165) is 17.1 Å². The topological polar surface area (TPSA) is 26.0 Å². The molecule has 1 aromatic carbocycles. The maximum absolute atomic E-state index is 5.66. The lowest BCUT2D eigenvalue weighted by Crippen LogP contribution is -2.35. The summed E-state index contributed by atoms with van der Waals surface area (Å²) in [6.45, 7) is 5.00. The third kappa shape index (κ3) is 3.56. The quantitative estimate of drug-likeness (QED) is 0.784. The average molecular weight is 331 g/mol. The normalized spacial score (nSPS) is 16.2. The minimum absolute atomic E-state index is 0.664. The lowest BCUT2D eigenvalue weighted by Gasteiger charge is -2.30.